The lowest BCUT2D eigenvalue weighted by molar-refractivity contribution is -0.0494. The van der Waals surface area contributed by atoms with Gasteiger partial charge in [0, 0.05) is 0 Å². The first-order valence-corrected chi connectivity index (χ1v) is 7.41. The van der Waals surface area contributed by atoms with Gasteiger partial charge in [0.2, 0.25) is 0 Å². The summed E-state index contributed by atoms with van der Waals surface area (Å²) in [6.07, 6.45) is 7.71. The van der Waals surface area contributed by atoms with Gasteiger partial charge in [-0.15, -0.1) is 0 Å². The van der Waals surface area contributed by atoms with Crippen molar-refractivity contribution in [2.45, 2.75) is 87.0 Å². The van der Waals surface area contributed by atoms with Crippen molar-refractivity contribution < 1.29 is 0 Å². The SMILES string of the molecule is [CH2]CCC(CCCCC)(C(C)(C)C)C(C)(C)C. The van der Waals surface area contributed by atoms with E-state index in [1.807, 2.05) is 0 Å². The number of unbranched alkanes of at least 4 members (excludes halogenated alkanes) is 2. The summed E-state index contributed by atoms with van der Waals surface area (Å²) in [6.45, 7) is 20.9. The topological polar surface area (TPSA) is 0 Å². The fraction of sp³-hybridized carbons (Fsp3) is 0.941. The van der Waals surface area contributed by atoms with Crippen LogP contribution in [0.5, 0.6) is 0 Å². The third kappa shape index (κ3) is 4.00. The van der Waals surface area contributed by atoms with E-state index in [-0.39, 0.29) is 0 Å². The number of hydrogen-bond donors (Lipinski definition) is 0. The molecule has 0 rings (SSSR count). The summed E-state index contributed by atoms with van der Waals surface area (Å²) in [7, 11) is 0. The fourth-order valence-electron chi connectivity index (χ4n) is 3.73. The fourth-order valence-corrected chi connectivity index (χ4v) is 3.73. The number of hydrogen-bond acceptors (Lipinski definition) is 0. The Labute approximate surface area is 111 Å². The summed E-state index contributed by atoms with van der Waals surface area (Å²) >= 11 is 0. The minimum atomic E-state index is 0.358. The lowest BCUT2D eigenvalue weighted by atomic mass is 9.50. The van der Waals surface area contributed by atoms with Crippen LogP contribution >= 0.6 is 0 Å². The molecule has 0 bridgehead atoms. The molecule has 0 nitrogen and oxygen atoms in total. The standard InChI is InChI=1S/C17H35/c1-9-11-12-14-17(13-10-2,15(3,4)5)16(6,7)8/h2,9-14H2,1,3-8H3. The first-order valence-electron chi connectivity index (χ1n) is 7.41. The summed E-state index contributed by atoms with van der Waals surface area (Å²) in [5, 5.41) is 0. The maximum atomic E-state index is 4.13. The second kappa shape index (κ2) is 6.25. The monoisotopic (exact) mass is 239 g/mol. The van der Waals surface area contributed by atoms with Gasteiger partial charge in [0.1, 0.15) is 0 Å². The van der Waals surface area contributed by atoms with Gasteiger partial charge in [-0.3, -0.25) is 0 Å². The molecule has 0 aliphatic rings. The van der Waals surface area contributed by atoms with Gasteiger partial charge in [-0.2, -0.15) is 0 Å². The van der Waals surface area contributed by atoms with Crippen molar-refractivity contribution in [2.24, 2.45) is 16.2 Å². The highest BCUT2D eigenvalue weighted by atomic mass is 14.5. The molecule has 0 saturated heterocycles. The molecule has 0 saturated carbocycles. The van der Waals surface area contributed by atoms with E-state index in [2.05, 4.69) is 55.4 Å². The zero-order valence-electron chi connectivity index (χ0n) is 13.4. The maximum absolute atomic E-state index is 4.13. The summed E-state index contributed by atoms with van der Waals surface area (Å²) < 4.78 is 0. The van der Waals surface area contributed by atoms with E-state index in [4.69, 9.17) is 0 Å². The Morgan fingerprint density at radius 3 is 1.53 bits per heavy atom. The summed E-state index contributed by atoms with van der Waals surface area (Å²) in [6, 6.07) is 0. The van der Waals surface area contributed by atoms with Gasteiger partial charge >= 0.3 is 0 Å². The molecule has 1 radical (unpaired) electrons. The van der Waals surface area contributed by atoms with E-state index < -0.39 is 0 Å². The van der Waals surface area contributed by atoms with Crippen LogP contribution in [0.15, 0.2) is 0 Å². The molecule has 0 heteroatoms. The maximum Gasteiger partial charge on any atom is -0.0200 e. The van der Waals surface area contributed by atoms with Crippen molar-refractivity contribution in [3.63, 3.8) is 0 Å². The van der Waals surface area contributed by atoms with E-state index in [1.54, 1.807) is 0 Å². The summed E-state index contributed by atoms with van der Waals surface area (Å²) in [4.78, 5) is 0. The van der Waals surface area contributed by atoms with Gasteiger partial charge in [-0.05, 0) is 29.1 Å². The van der Waals surface area contributed by atoms with Gasteiger partial charge in [-0.25, -0.2) is 0 Å². The van der Waals surface area contributed by atoms with Crippen LogP contribution in [0.3, 0.4) is 0 Å². The van der Waals surface area contributed by atoms with Crippen LogP contribution in [0.1, 0.15) is 87.0 Å². The lowest BCUT2D eigenvalue weighted by Gasteiger charge is -2.54. The van der Waals surface area contributed by atoms with Crippen molar-refractivity contribution in [1.82, 2.24) is 0 Å². The van der Waals surface area contributed by atoms with Gasteiger partial charge in [0.25, 0.3) is 0 Å². The van der Waals surface area contributed by atoms with Crippen LogP contribution in [0.4, 0.5) is 0 Å². The minimum absolute atomic E-state index is 0.358. The van der Waals surface area contributed by atoms with Crippen LogP contribution in [-0.2, 0) is 0 Å². The zero-order valence-corrected chi connectivity index (χ0v) is 13.4. The van der Waals surface area contributed by atoms with E-state index in [0.717, 1.165) is 6.42 Å². The molecular formula is C17H35. The average molecular weight is 239 g/mol. The molecule has 0 unspecified atom stereocenters. The van der Waals surface area contributed by atoms with Crippen LogP contribution in [0.25, 0.3) is 0 Å². The Bertz CT molecular complexity index is 185. The van der Waals surface area contributed by atoms with Crippen LogP contribution in [0, 0.1) is 23.2 Å². The molecule has 0 aliphatic heterocycles. The van der Waals surface area contributed by atoms with E-state index in [0.29, 0.717) is 16.2 Å². The van der Waals surface area contributed by atoms with Gasteiger partial charge in [-0.1, -0.05) is 81.1 Å². The van der Waals surface area contributed by atoms with E-state index >= 15 is 0 Å². The summed E-state index contributed by atoms with van der Waals surface area (Å²) in [5.74, 6) is 0. The average Bonchev–Trinajstić information content (AvgIpc) is 2.13. The van der Waals surface area contributed by atoms with Crippen molar-refractivity contribution in [1.29, 1.82) is 0 Å². The van der Waals surface area contributed by atoms with Gasteiger partial charge < -0.3 is 0 Å². The van der Waals surface area contributed by atoms with Crippen LogP contribution in [-0.4, -0.2) is 0 Å². The van der Waals surface area contributed by atoms with Gasteiger partial charge in [0.05, 0.1) is 0 Å². The molecule has 0 N–H and O–H groups in total. The predicted molar refractivity (Wildman–Crippen MR) is 80.1 cm³/mol. The highest BCUT2D eigenvalue weighted by Gasteiger charge is 2.48. The minimum Gasteiger partial charge on any atom is -0.0654 e. The Morgan fingerprint density at radius 2 is 1.24 bits per heavy atom. The molecule has 0 aliphatic carbocycles. The normalized spacial score (nSPS) is 14.1. The second-order valence-electron chi connectivity index (χ2n) is 7.64. The first-order chi connectivity index (χ1) is 7.62. The van der Waals surface area contributed by atoms with E-state index in [1.165, 1.54) is 32.1 Å². The molecule has 0 fully saturated rings. The lowest BCUT2D eigenvalue weighted by Crippen LogP contribution is -2.46. The highest BCUT2D eigenvalue weighted by molar-refractivity contribution is 4.98. The molecule has 103 valence electrons. The van der Waals surface area contributed by atoms with Crippen LogP contribution in [0.2, 0.25) is 0 Å². The van der Waals surface area contributed by atoms with Gasteiger partial charge in [0.15, 0.2) is 0 Å². The molecule has 0 spiro atoms. The predicted octanol–water partition coefficient (Wildman–Crippen LogP) is 6.26. The Balaban J connectivity index is 5.12. The largest absolute Gasteiger partial charge is 0.0654 e. The third-order valence-corrected chi connectivity index (χ3v) is 4.68. The molecule has 17 heavy (non-hydrogen) atoms. The highest BCUT2D eigenvalue weighted by Crippen LogP contribution is 2.57. The third-order valence-electron chi connectivity index (χ3n) is 4.68. The summed E-state index contributed by atoms with van der Waals surface area (Å²) in [5.41, 5.74) is 1.13. The van der Waals surface area contributed by atoms with E-state index in [9.17, 15) is 0 Å². The van der Waals surface area contributed by atoms with Crippen LogP contribution < -0.4 is 0 Å². The molecule has 0 aromatic heterocycles. The Morgan fingerprint density at radius 1 is 0.765 bits per heavy atom. The van der Waals surface area contributed by atoms with Crippen molar-refractivity contribution in [3.8, 4) is 0 Å². The van der Waals surface area contributed by atoms with Crippen molar-refractivity contribution in [2.75, 3.05) is 0 Å². The Hall–Kier alpha value is 0. The molecular weight excluding hydrogens is 204 g/mol. The second-order valence-corrected chi connectivity index (χ2v) is 7.64. The first kappa shape index (κ1) is 17.0. The molecule has 0 aromatic rings. The molecule has 0 aromatic carbocycles. The number of rotatable bonds is 6. The Kier molecular flexibility index (Phi) is 6.25. The zero-order chi connectivity index (χ0) is 13.7. The van der Waals surface area contributed by atoms with Crippen molar-refractivity contribution in [3.05, 3.63) is 6.92 Å². The molecule has 0 heterocycles. The quantitative estimate of drug-likeness (QED) is 0.480. The smallest absolute Gasteiger partial charge is 0.0200 e. The van der Waals surface area contributed by atoms with Crippen molar-refractivity contribution >= 4 is 0 Å². The molecule has 0 amide bonds. The molecule has 0 atom stereocenters.